The summed E-state index contributed by atoms with van der Waals surface area (Å²) >= 11 is 0. The van der Waals surface area contributed by atoms with Crippen LogP contribution in [-0.2, 0) is 4.79 Å². The third-order valence-electron chi connectivity index (χ3n) is 2.66. The number of benzene rings is 1. The van der Waals surface area contributed by atoms with Gasteiger partial charge in [0.15, 0.2) is 18.1 Å². The molecule has 0 aliphatic heterocycles. The van der Waals surface area contributed by atoms with Crippen molar-refractivity contribution in [1.82, 2.24) is 5.32 Å². The zero-order valence-corrected chi connectivity index (χ0v) is 12.0. The summed E-state index contributed by atoms with van der Waals surface area (Å²) in [5.74, 6) is 0.772. The molecule has 1 aromatic carbocycles. The lowest BCUT2D eigenvalue weighted by atomic mass is 10.1. The number of carbonyl (C=O) groups is 1. The predicted molar refractivity (Wildman–Crippen MR) is 75.8 cm³/mol. The first-order valence-electron chi connectivity index (χ1n) is 6.39. The fraction of sp³-hybridized carbons (Fsp3) is 0.429. The van der Waals surface area contributed by atoms with E-state index < -0.39 is 0 Å². The summed E-state index contributed by atoms with van der Waals surface area (Å²) in [5.41, 5.74) is 1.18. The van der Waals surface area contributed by atoms with Crippen molar-refractivity contribution in [2.45, 2.75) is 20.3 Å². The van der Waals surface area contributed by atoms with Crippen LogP contribution in [0.15, 0.2) is 23.4 Å². The molecule has 1 amide bonds. The quantitative estimate of drug-likeness (QED) is 0.453. The van der Waals surface area contributed by atoms with Crippen molar-refractivity contribution in [1.29, 1.82) is 0 Å². The van der Waals surface area contributed by atoms with E-state index in [1.165, 1.54) is 7.11 Å². The molecule has 0 atom stereocenters. The molecule has 0 heterocycles. The minimum atomic E-state index is -0.175. The van der Waals surface area contributed by atoms with Crippen LogP contribution < -0.4 is 14.8 Å². The van der Waals surface area contributed by atoms with Gasteiger partial charge in [-0.1, -0.05) is 12.1 Å². The van der Waals surface area contributed by atoms with Crippen LogP contribution in [-0.4, -0.2) is 37.1 Å². The molecule has 1 rings (SSSR count). The van der Waals surface area contributed by atoms with E-state index in [9.17, 15) is 4.79 Å². The first-order valence-corrected chi connectivity index (χ1v) is 6.39. The molecule has 2 N–H and O–H groups in total. The summed E-state index contributed by atoms with van der Waals surface area (Å²) in [4.78, 5) is 11.5. The van der Waals surface area contributed by atoms with Crippen molar-refractivity contribution in [3.63, 3.8) is 0 Å². The van der Waals surface area contributed by atoms with Crippen LogP contribution in [0.3, 0.4) is 0 Å². The number of methoxy groups -OCH3 is 1. The van der Waals surface area contributed by atoms with Crippen LogP contribution >= 0.6 is 0 Å². The van der Waals surface area contributed by atoms with Crippen molar-refractivity contribution in [3.05, 3.63) is 23.8 Å². The third-order valence-corrected chi connectivity index (χ3v) is 2.66. The second-order valence-electron chi connectivity index (χ2n) is 4.19. The lowest BCUT2D eigenvalue weighted by Gasteiger charge is -2.12. The van der Waals surface area contributed by atoms with E-state index in [1.54, 1.807) is 25.1 Å². The Hall–Kier alpha value is -2.24. The van der Waals surface area contributed by atoms with Crippen molar-refractivity contribution in [2.24, 2.45) is 5.16 Å². The molecule has 0 unspecified atom stereocenters. The Kier molecular flexibility index (Phi) is 6.36. The summed E-state index contributed by atoms with van der Waals surface area (Å²) < 4.78 is 10.6. The number of amides is 1. The first-order chi connectivity index (χ1) is 9.62. The predicted octanol–water partition coefficient (Wildman–Crippen LogP) is 1.80. The number of ether oxygens (including phenoxy) is 2. The highest BCUT2D eigenvalue weighted by Gasteiger charge is 2.09. The standard InChI is InChI=1S/C14H20N2O4/c1-4-7-15-14(17)9-20-12-6-5-11(10(2)16-18)8-13(12)19-3/h5-6,8,18H,4,7,9H2,1-3H3,(H,15,17)/b16-10+. The molecule has 6 nitrogen and oxygen atoms in total. The van der Waals surface area contributed by atoms with Crippen LogP contribution in [0.5, 0.6) is 11.5 Å². The molecule has 0 radical (unpaired) electrons. The van der Waals surface area contributed by atoms with Crippen molar-refractivity contribution >= 4 is 11.6 Å². The fourth-order valence-electron chi connectivity index (χ4n) is 1.53. The molecular formula is C14H20N2O4. The number of nitrogens with one attached hydrogen (secondary N) is 1. The van der Waals surface area contributed by atoms with Gasteiger partial charge in [-0.25, -0.2) is 0 Å². The highest BCUT2D eigenvalue weighted by Crippen LogP contribution is 2.28. The number of nitrogens with zero attached hydrogens (tertiary/aromatic N) is 1. The molecule has 0 aromatic heterocycles. The van der Waals surface area contributed by atoms with Gasteiger partial charge in [-0.15, -0.1) is 0 Å². The van der Waals surface area contributed by atoms with E-state index >= 15 is 0 Å². The summed E-state index contributed by atoms with van der Waals surface area (Å²) in [6.45, 7) is 4.22. The molecule has 0 spiro atoms. The lowest BCUT2D eigenvalue weighted by Crippen LogP contribution is -2.29. The summed E-state index contributed by atoms with van der Waals surface area (Å²) in [6.07, 6.45) is 0.879. The molecule has 0 aliphatic carbocycles. The van der Waals surface area contributed by atoms with Gasteiger partial charge in [-0.2, -0.15) is 0 Å². The Bertz CT molecular complexity index is 486. The zero-order chi connectivity index (χ0) is 15.0. The van der Waals surface area contributed by atoms with Crippen molar-refractivity contribution in [3.8, 4) is 11.5 Å². The molecular weight excluding hydrogens is 260 g/mol. The van der Waals surface area contributed by atoms with Gasteiger partial charge in [-0.3, -0.25) is 4.79 Å². The second kappa shape index (κ2) is 8.04. The molecule has 0 bridgehead atoms. The van der Waals surface area contributed by atoms with Crippen LogP contribution in [0.25, 0.3) is 0 Å². The zero-order valence-electron chi connectivity index (χ0n) is 12.0. The van der Waals surface area contributed by atoms with Crippen LogP contribution in [0, 0.1) is 0 Å². The van der Waals surface area contributed by atoms with Crippen LogP contribution in [0.4, 0.5) is 0 Å². The number of hydrogen-bond donors (Lipinski definition) is 2. The van der Waals surface area contributed by atoms with Crippen LogP contribution in [0.2, 0.25) is 0 Å². The number of carbonyl (C=O) groups excluding carboxylic acids is 1. The molecule has 0 aliphatic rings. The Morgan fingerprint density at radius 1 is 1.40 bits per heavy atom. The van der Waals surface area contributed by atoms with E-state index in [0.717, 1.165) is 6.42 Å². The van der Waals surface area contributed by atoms with Gasteiger partial charge in [0, 0.05) is 12.1 Å². The minimum Gasteiger partial charge on any atom is -0.493 e. The lowest BCUT2D eigenvalue weighted by molar-refractivity contribution is -0.123. The summed E-state index contributed by atoms with van der Waals surface area (Å²) in [5, 5.41) is 14.6. The third kappa shape index (κ3) is 4.46. The Morgan fingerprint density at radius 2 is 2.15 bits per heavy atom. The van der Waals surface area contributed by atoms with Gasteiger partial charge in [-0.05, 0) is 31.5 Å². The number of rotatable bonds is 7. The molecule has 0 fully saturated rings. The average molecular weight is 280 g/mol. The normalized spacial score (nSPS) is 11.1. The fourth-order valence-corrected chi connectivity index (χ4v) is 1.53. The molecule has 20 heavy (non-hydrogen) atoms. The van der Waals surface area contributed by atoms with Crippen molar-refractivity contribution in [2.75, 3.05) is 20.3 Å². The number of oxime groups is 1. The van der Waals surface area contributed by atoms with E-state index in [0.29, 0.717) is 29.3 Å². The Labute approximate surface area is 118 Å². The van der Waals surface area contributed by atoms with Crippen LogP contribution in [0.1, 0.15) is 25.8 Å². The molecule has 0 saturated heterocycles. The number of hydrogen-bond acceptors (Lipinski definition) is 5. The highest BCUT2D eigenvalue weighted by atomic mass is 16.5. The maximum Gasteiger partial charge on any atom is 0.257 e. The van der Waals surface area contributed by atoms with Crippen molar-refractivity contribution < 1.29 is 19.5 Å². The van der Waals surface area contributed by atoms with Gasteiger partial charge in [0.1, 0.15) is 0 Å². The SMILES string of the molecule is CCCNC(=O)COc1ccc(/C(C)=N/O)cc1OC. The molecule has 6 heteroatoms. The van der Waals surface area contributed by atoms with E-state index in [2.05, 4.69) is 10.5 Å². The monoisotopic (exact) mass is 280 g/mol. The summed E-state index contributed by atoms with van der Waals surface area (Å²) in [6, 6.07) is 5.10. The van der Waals surface area contributed by atoms with E-state index in [-0.39, 0.29) is 12.5 Å². The molecule has 0 saturated carbocycles. The van der Waals surface area contributed by atoms with Gasteiger partial charge in [0.05, 0.1) is 12.8 Å². The highest BCUT2D eigenvalue weighted by molar-refractivity contribution is 5.98. The van der Waals surface area contributed by atoms with Gasteiger partial charge in [0.25, 0.3) is 5.91 Å². The Balaban J connectivity index is 2.73. The minimum absolute atomic E-state index is 0.0667. The van der Waals surface area contributed by atoms with Gasteiger partial charge >= 0.3 is 0 Å². The molecule has 110 valence electrons. The first kappa shape index (κ1) is 15.8. The second-order valence-corrected chi connectivity index (χ2v) is 4.19. The average Bonchev–Trinajstić information content (AvgIpc) is 2.49. The van der Waals surface area contributed by atoms with Gasteiger partial charge < -0.3 is 20.0 Å². The van der Waals surface area contributed by atoms with Gasteiger partial charge in [0.2, 0.25) is 0 Å². The smallest absolute Gasteiger partial charge is 0.257 e. The maximum absolute atomic E-state index is 11.5. The molecule has 1 aromatic rings. The summed E-state index contributed by atoms with van der Waals surface area (Å²) in [7, 11) is 1.51. The topological polar surface area (TPSA) is 80.2 Å². The van der Waals surface area contributed by atoms with E-state index in [4.69, 9.17) is 14.7 Å². The Morgan fingerprint density at radius 3 is 2.75 bits per heavy atom. The van der Waals surface area contributed by atoms with E-state index in [1.807, 2.05) is 6.92 Å². The maximum atomic E-state index is 11.5. The largest absolute Gasteiger partial charge is 0.493 e.